The minimum atomic E-state index is -0.961. The first-order valence-corrected chi connectivity index (χ1v) is 6.89. The van der Waals surface area contributed by atoms with Crippen LogP contribution in [0.25, 0.3) is 0 Å². The molecule has 1 heterocycles. The van der Waals surface area contributed by atoms with Crippen LogP contribution in [-0.2, 0) is 15.3 Å². The Bertz CT molecular complexity index is 432. The Morgan fingerprint density at radius 2 is 2.00 bits per heavy atom. The first-order valence-electron chi connectivity index (χ1n) is 5.77. The van der Waals surface area contributed by atoms with Crippen LogP contribution >= 0.6 is 15.9 Å². The minimum absolute atomic E-state index is 0.0500. The van der Waals surface area contributed by atoms with Crippen molar-refractivity contribution >= 4 is 21.6 Å². The lowest BCUT2D eigenvalue weighted by atomic mass is 9.99. The number of ether oxygens (including phenoxy) is 2. The highest BCUT2D eigenvalue weighted by molar-refractivity contribution is 9.09. The number of nitro benzene ring substituents is 1. The number of hydrogen-bond donors (Lipinski definition) is 0. The van der Waals surface area contributed by atoms with Crippen LogP contribution in [0, 0.1) is 10.1 Å². The van der Waals surface area contributed by atoms with Crippen molar-refractivity contribution in [3.05, 3.63) is 39.9 Å². The maximum Gasteiger partial charge on any atom is 0.278 e. The highest BCUT2D eigenvalue weighted by Gasteiger charge is 2.42. The van der Waals surface area contributed by atoms with Gasteiger partial charge in [0, 0.05) is 17.8 Å². The van der Waals surface area contributed by atoms with Crippen molar-refractivity contribution in [3.8, 4) is 0 Å². The molecule has 18 heavy (non-hydrogen) atoms. The predicted molar refractivity (Wildman–Crippen MR) is 69.7 cm³/mol. The second-order valence-corrected chi connectivity index (χ2v) is 4.81. The third-order valence-electron chi connectivity index (χ3n) is 2.90. The molecule has 1 aromatic rings. The summed E-state index contributed by atoms with van der Waals surface area (Å²) in [6, 6.07) is 6.60. The Labute approximate surface area is 113 Å². The van der Waals surface area contributed by atoms with Gasteiger partial charge in [-0.25, -0.2) is 0 Å². The topological polar surface area (TPSA) is 61.6 Å². The number of nitro groups is 1. The van der Waals surface area contributed by atoms with Crippen molar-refractivity contribution in [3.63, 3.8) is 0 Å². The molecule has 0 spiro atoms. The normalized spacial score (nSPS) is 17.8. The average molecular weight is 316 g/mol. The zero-order valence-corrected chi connectivity index (χ0v) is 11.4. The van der Waals surface area contributed by atoms with Crippen LogP contribution < -0.4 is 0 Å². The molecule has 5 nitrogen and oxygen atoms in total. The van der Waals surface area contributed by atoms with E-state index in [1.54, 1.807) is 18.2 Å². The summed E-state index contributed by atoms with van der Waals surface area (Å²) in [5, 5.41) is 11.9. The molecule has 1 aliphatic rings. The number of halogens is 1. The number of para-hydroxylation sites is 1. The molecule has 6 heteroatoms. The molecule has 2 rings (SSSR count). The van der Waals surface area contributed by atoms with Gasteiger partial charge >= 0.3 is 0 Å². The third-order valence-corrected chi connectivity index (χ3v) is 3.47. The molecule has 0 amide bonds. The van der Waals surface area contributed by atoms with Gasteiger partial charge in [0.15, 0.2) is 0 Å². The van der Waals surface area contributed by atoms with E-state index in [-0.39, 0.29) is 5.69 Å². The van der Waals surface area contributed by atoms with Crippen molar-refractivity contribution in [2.45, 2.75) is 18.6 Å². The Morgan fingerprint density at radius 3 is 2.61 bits per heavy atom. The van der Waals surface area contributed by atoms with E-state index >= 15 is 0 Å². The van der Waals surface area contributed by atoms with Crippen LogP contribution in [0.1, 0.15) is 18.4 Å². The molecule has 1 aliphatic heterocycles. The van der Waals surface area contributed by atoms with E-state index in [1.165, 1.54) is 6.07 Å². The van der Waals surface area contributed by atoms with Crippen molar-refractivity contribution in [2.24, 2.45) is 0 Å². The van der Waals surface area contributed by atoms with Gasteiger partial charge in [0.25, 0.3) is 5.69 Å². The average Bonchev–Trinajstić information content (AvgIpc) is 2.86. The lowest BCUT2D eigenvalue weighted by Gasteiger charge is -2.27. The van der Waals surface area contributed by atoms with Gasteiger partial charge in [-0.05, 0) is 12.5 Å². The maximum absolute atomic E-state index is 11.1. The summed E-state index contributed by atoms with van der Waals surface area (Å²) in [5.41, 5.74) is 0.558. The van der Waals surface area contributed by atoms with Crippen molar-refractivity contribution < 1.29 is 14.4 Å². The van der Waals surface area contributed by atoms with E-state index < -0.39 is 10.7 Å². The summed E-state index contributed by atoms with van der Waals surface area (Å²) in [6.45, 7) is 0.933. The Balaban J connectivity index is 2.39. The molecule has 0 aliphatic carbocycles. The van der Waals surface area contributed by atoms with Gasteiger partial charge < -0.3 is 9.47 Å². The van der Waals surface area contributed by atoms with Crippen LogP contribution in [0.5, 0.6) is 0 Å². The summed E-state index contributed by atoms with van der Waals surface area (Å²) in [4.78, 5) is 10.7. The summed E-state index contributed by atoms with van der Waals surface area (Å²) < 4.78 is 11.3. The summed E-state index contributed by atoms with van der Waals surface area (Å²) in [6.07, 6.45) is 1.43. The molecule has 0 unspecified atom stereocenters. The molecule has 0 N–H and O–H groups in total. The molecule has 0 bridgehead atoms. The number of hydrogen-bond acceptors (Lipinski definition) is 4. The Morgan fingerprint density at radius 1 is 1.33 bits per heavy atom. The van der Waals surface area contributed by atoms with Crippen molar-refractivity contribution in [2.75, 3.05) is 18.5 Å². The summed E-state index contributed by atoms with van der Waals surface area (Å²) in [5.74, 6) is -0.961. The summed E-state index contributed by atoms with van der Waals surface area (Å²) >= 11 is 3.36. The first-order chi connectivity index (χ1) is 8.69. The highest BCUT2D eigenvalue weighted by Crippen LogP contribution is 2.40. The van der Waals surface area contributed by atoms with E-state index in [9.17, 15) is 10.1 Å². The van der Waals surface area contributed by atoms with Crippen LogP contribution in [0.15, 0.2) is 24.3 Å². The van der Waals surface area contributed by atoms with Gasteiger partial charge in [-0.15, -0.1) is 0 Å². The minimum Gasteiger partial charge on any atom is -0.343 e. The third kappa shape index (κ3) is 2.55. The van der Waals surface area contributed by atoms with E-state index in [4.69, 9.17) is 9.47 Å². The monoisotopic (exact) mass is 315 g/mol. The second kappa shape index (κ2) is 5.77. The van der Waals surface area contributed by atoms with E-state index in [0.717, 1.165) is 11.8 Å². The van der Waals surface area contributed by atoms with Gasteiger partial charge in [0.05, 0.1) is 23.7 Å². The molecular weight excluding hydrogens is 302 g/mol. The fraction of sp³-hybridized carbons (Fsp3) is 0.500. The van der Waals surface area contributed by atoms with E-state index in [2.05, 4.69) is 15.9 Å². The SMILES string of the molecule is O=[N+]([O-])c1ccccc1C1(CCCBr)OCCO1. The highest BCUT2D eigenvalue weighted by atomic mass is 79.9. The molecule has 1 aromatic carbocycles. The summed E-state index contributed by atoms with van der Waals surface area (Å²) in [7, 11) is 0. The Hall–Kier alpha value is -0.980. The van der Waals surface area contributed by atoms with Crippen LogP contribution in [0.2, 0.25) is 0 Å². The van der Waals surface area contributed by atoms with Gasteiger partial charge in [-0.1, -0.05) is 28.1 Å². The zero-order valence-electron chi connectivity index (χ0n) is 9.80. The maximum atomic E-state index is 11.1. The number of nitrogens with zero attached hydrogens (tertiary/aromatic N) is 1. The van der Waals surface area contributed by atoms with Gasteiger partial charge in [-0.3, -0.25) is 10.1 Å². The lowest BCUT2D eigenvalue weighted by Crippen LogP contribution is -2.28. The quantitative estimate of drug-likeness (QED) is 0.476. The largest absolute Gasteiger partial charge is 0.343 e. The molecule has 0 saturated carbocycles. The molecular formula is C12H14BrNO4. The van der Waals surface area contributed by atoms with Gasteiger partial charge in [0.2, 0.25) is 5.79 Å². The molecule has 0 aromatic heterocycles. The zero-order chi connectivity index (χ0) is 13.0. The van der Waals surface area contributed by atoms with Gasteiger partial charge in [-0.2, -0.15) is 0 Å². The van der Waals surface area contributed by atoms with Crippen LogP contribution in [-0.4, -0.2) is 23.5 Å². The van der Waals surface area contributed by atoms with E-state index in [1.807, 2.05) is 0 Å². The van der Waals surface area contributed by atoms with E-state index in [0.29, 0.717) is 25.2 Å². The lowest BCUT2D eigenvalue weighted by molar-refractivity contribution is -0.388. The van der Waals surface area contributed by atoms with Gasteiger partial charge in [0.1, 0.15) is 0 Å². The smallest absolute Gasteiger partial charge is 0.278 e. The molecule has 98 valence electrons. The number of benzene rings is 1. The predicted octanol–water partition coefficient (Wildman–Crippen LogP) is 2.97. The fourth-order valence-electron chi connectivity index (χ4n) is 2.14. The van der Waals surface area contributed by atoms with Crippen molar-refractivity contribution in [1.82, 2.24) is 0 Å². The second-order valence-electron chi connectivity index (χ2n) is 4.02. The number of alkyl halides is 1. The molecule has 1 fully saturated rings. The Kier molecular flexibility index (Phi) is 4.31. The van der Waals surface area contributed by atoms with Crippen LogP contribution in [0.3, 0.4) is 0 Å². The molecule has 0 atom stereocenters. The first kappa shape index (κ1) is 13.5. The standard InChI is InChI=1S/C12H14BrNO4/c13-7-3-6-12(17-8-9-18-12)10-4-1-2-5-11(10)14(15)16/h1-2,4-5H,3,6-9H2. The molecule has 1 saturated heterocycles. The fourth-order valence-corrected chi connectivity index (χ4v) is 2.42. The van der Waals surface area contributed by atoms with Crippen molar-refractivity contribution in [1.29, 1.82) is 0 Å². The number of rotatable bonds is 5. The molecule has 0 radical (unpaired) electrons. The van der Waals surface area contributed by atoms with Crippen LogP contribution in [0.4, 0.5) is 5.69 Å².